The van der Waals surface area contributed by atoms with Crippen molar-refractivity contribution >= 4 is 28.9 Å². The number of ether oxygens (including phenoxy) is 1. The van der Waals surface area contributed by atoms with Crippen LogP contribution in [-0.4, -0.2) is 18.5 Å². The number of aryl methyl sites for hydroxylation is 1. The summed E-state index contributed by atoms with van der Waals surface area (Å²) in [5.74, 6) is -0.223. The van der Waals surface area contributed by atoms with Crippen molar-refractivity contribution in [2.75, 3.05) is 11.9 Å². The SMILES string of the molecule is CC1CCc2sc(C(=O)OCC(=O)Nc3ccc(C#N)cc3)cc2C1. The van der Waals surface area contributed by atoms with Crippen LogP contribution >= 0.6 is 11.3 Å². The van der Waals surface area contributed by atoms with Crippen LogP contribution in [0.5, 0.6) is 0 Å². The predicted molar refractivity (Wildman–Crippen MR) is 95.6 cm³/mol. The average molecular weight is 354 g/mol. The lowest BCUT2D eigenvalue weighted by Crippen LogP contribution is -2.20. The third-order valence-corrected chi connectivity index (χ3v) is 5.38. The highest BCUT2D eigenvalue weighted by Gasteiger charge is 2.21. The third-order valence-electron chi connectivity index (χ3n) is 4.16. The summed E-state index contributed by atoms with van der Waals surface area (Å²) < 4.78 is 5.12. The second-order valence-electron chi connectivity index (χ2n) is 6.22. The highest BCUT2D eigenvalue weighted by Crippen LogP contribution is 2.32. The zero-order chi connectivity index (χ0) is 17.8. The lowest BCUT2D eigenvalue weighted by Gasteiger charge is -2.16. The van der Waals surface area contributed by atoms with Crippen LogP contribution in [0.4, 0.5) is 5.69 Å². The van der Waals surface area contributed by atoms with Gasteiger partial charge < -0.3 is 10.1 Å². The van der Waals surface area contributed by atoms with Crippen LogP contribution in [-0.2, 0) is 22.4 Å². The van der Waals surface area contributed by atoms with Gasteiger partial charge in [0.1, 0.15) is 4.88 Å². The van der Waals surface area contributed by atoms with Crippen molar-refractivity contribution in [3.8, 4) is 6.07 Å². The number of fused-ring (bicyclic) bond motifs is 1. The van der Waals surface area contributed by atoms with Crippen LogP contribution in [0.15, 0.2) is 30.3 Å². The number of esters is 1. The molecule has 1 amide bonds. The van der Waals surface area contributed by atoms with Gasteiger partial charge in [-0.05, 0) is 61.1 Å². The summed E-state index contributed by atoms with van der Waals surface area (Å²) in [5, 5.41) is 11.4. The summed E-state index contributed by atoms with van der Waals surface area (Å²) in [6.07, 6.45) is 3.15. The molecule has 0 aliphatic heterocycles. The van der Waals surface area contributed by atoms with E-state index in [4.69, 9.17) is 10.00 Å². The molecule has 0 spiro atoms. The van der Waals surface area contributed by atoms with E-state index < -0.39 is 11.9 Å². The first-order valence-corrected chi connectivity index (χ1v) is 8.95. The van der Waals surface area contributed by atoms with Crippen molar-refractivity contribution in [2.24, 2.45) is 5.92 Å². The van der Waals surface area contributed by atoms with Crippen LogP contribution in [0.2, 0.25) is 0 Å². The summed E-state index contributed by atoms with van der Waals surface area (Å²) in [6.45, 7) is 1.88. The van der Waals surface area contributed by atoms with E-state index in [1.54, 1.807) is 24.3 Å². The van der Waals surface area contributed by atoms with Crippen LogP contribution in [0.25, 0.3) is 0 Å². The highest BCUT2D eigenvalue weighted by atomic mass is 32.1. The predicted octanol–water partition coefficient (Wildman–Crippen LogP) is 3.54. The van der Waals surface area contributed by atoms with Gasteiger partial charge >= 0.3 is 5.97 Å². The Morgan fingerprint density at radius 3 is 2.84 bits per heavy atom. The fourth-order valence-electron chi connectivity index (χ4n) is 2.83. The number of benzene rings is 1. The van der Waals surface area contributed by atoms with Crippen molar-refractivity contribution in [1.29, 1.82) is 5.26 Å². The van der Waals surface area contributed by atoms with Crippen molar-refractivity contribution in [3.63, 3.8) is 0 Å². The Morgan fingerprint density at radius 2 is 2.12 bits per heavy atom. The fourth-order valence-corrected chi connectivity index (χ4v) is 3.94. The lowest BCUT2D eigenvalue weighted by molar-refractivity contribution is -0.119. The molecule has 0 saturated heterocycles. The first-order valence-electron chi connectivity index (χ1n) is 8.14. The number of nitrogens with one attached hydrogen (secondary N) is 1. The van der Waals surface area contributed by atoms with Gasteiger partial charge in [0, 0.05) is 10.6 Å². The van der Waals surface area contributed by atoms with Crippen molar-refractivity contribution < 1.29 is 14.3 Å². The van der Waals surface area contributed by atoms with Gasteiger partial charge in [0.15, 0.2) is 6.61 Å². The number of carbonyl (C=O) groups excluding carboxylic acids is 2. The molecule has 1 heterocycles. The average Bonchev–Trinajstić information content (AvgIpc) is 3.03. The minimum atomic E-state index is -0.456. The first-order chi connectivity index (χ1) is 12.0. The third kappa shape index (κ3) is 4.25. The molecule has 6 heteroatoms. The maximum Gasteiger partial charge on any atom is 0.348 e. The van der Waals surface area contributed by atoms with Gasteiger partial charge in [-0.25, -0.2) is 4.79 Å². The number of thiophene rings is 1. The monoisotopic (exact) mass is 354 g/mol. The Balaban J connectivity index is 1.53. The molecule has 0 fully saturated rings. The summed E-state index contributed by atoms with van der Waals surface area (Å²) in [4.78, 5) is 25.9. The molecule has 1 atom stereocenters. The highest BCUT2D eigenvalue weighted by molar-refractivity contribution is 7.14. The minimum absolute atomic E-state index is 0.336. The minimum Gasteiger partial charge on any atom is -0.451 e. The molecular weight excluding hydrogens is 336 g/mol. The Bertz CT molecular complexity index is 833. The number of carbonyl (C=O) groups is 2. The summed E-state index contributed by atoms with van der Waals surface area (Å²) >= 11 is 1.47. The maximum atomic E-state index is 12.2. The van der Waals surface area contributed by atoms with Gasteiger partial charge in [0.25, 0.3) is 5.91 Å². The molecule has 3 rings (SSSR count). The topological polar surface area (TPSA) is 79.2 Å². The molecule has 1 N–H and O–H groups in total. The van der Waals surface area contributed by atoms with Crippen molar-refractivity contribution in [2.45, 2.75) is 26.2 Å². The molecule has 25 heavy (non-hydrogen) atoms. The molecule has 1 aliphatic carbocycles. The molecule has 0 saturated carbocycles. The lowest BCUT2D eigenvalue weighted by atomic mass is 9.90. The second-order valence-corrected chi connectivity index (χ2v) is 7.36. The zero-order valence-electron chi connectivity index (χ0n) is 13.9. The molecular formula is C19H18N2O3S. The number of hydrogen-bond donors (Lipinski definition) is 1. The summed E-state index contributed by atoms with van der Waals surface area (Å²) in [7, 11) is 0. The number of amides is 1. The van der Waals surface area contributed by atoms with Gasteiger partial charge in [-0.3, -0.25) is 4.79 Å². The van der Waals surface area contributed by atoms with Crippen LogP contribution in [0, 0.1) is 17.2 Å². The van der Waals surface area contributed by atoms with E-state index in [1.165, 1.54) is 21.8 Å². The molecule has 0 radical (unpaired) electrons. The molecule has 128 valence electrons. The van der Waals surface area contributed by atoms with Gasteiger partial charge in [-0.1, -0.05) is 6.92 Å². The maximum absolute atomic E-state index is 12.2. The molecule has 5 nitrogen and oxygen atoms in total. The Labute approximate surface area is 150 Å². The van der Waals surface area contributed by atoms with Crippen LogP contribution in [0.1, 0.15) is 39.0 Å². The molecule has 1 aromatic carbocycles. The van der Waals surface area contributed by atoms with E-state index in [0.717, 1.165) is 19.3 Å². The van der Waals surface area contributed by atoms with Crippen molar-refractivity contribution in [3.05, 3.63) is 51.2 Å². The summed E-state index contributed by atoms with van der Waals surface area (Å²) in [5.41, 5.74) is 2.30. The van der Waals surface area contributed by atoms with Gasteiger partial charge in [0.05, 0.1) is 11.6 Å². The quantitative estimate of drug-likeness (QED) is 0.852. The molecule has 1 aliphatic rings. The smallest absolute Gasteiger partial charge is 0.348 e. The fraction of sp³-hybridized carbons (Fsp3) is 0.316. The molecule has 1 unspecified atom stereocenters. The molecule has 0 bridgehead atoms. The number of rotatable bonds is 4. The molecule has 2 aromatic rings. The largest absolute Gasteiger partial charge is 0.451 e. The Hall–Kier alpha value is -2.65. The second kappa shape index (κ2) is 7.49. The number of nitrogens with zero attached hydrogens (tertiary/aromatic N) is 1. The van der Waals surface area contributed by atoms with Crippen LogP contribution in [0.3, 0.4) is 0 Å². The van der Waals surface area contributed by atoms with Gasteiger partial charge in [-0.15, -0.1) is 11.3 Å². The van der Waals surface area contributed by atoms with E-state index in [-0.39, 0.29) is 6.61 Å². The van der Waals surface area contributed by atoms with E-state index in [1.807, 2.05) is 12.1 Å². The van der Waals surface area contributed by atoms with E-state index in [2.05, 4.69) is 12.2 Å². The Kier molecular flexibility index (Phi) is 5.15. The van der Waals surface area contributed by atoms with Crippen molar-refractivity contribution in [1.82, 2.24) is 0 Å². The molecule has 1 aromatic heterocycles. The van der Waals surface area contributed by atoms with Crippen LogP contribution < -0.4 is 5.32 Å². The standard InChI is InChI=1S/C19H18N2O3S/c1-12-2-7-16-14(8-12)9-17(25-16)19(23)24-11-18(22)21-15-5-3-13(10-20)4-6-15/h3-6,9,12H,2,7-8,11H2,1H3,(H,21,22). The number of anilines is 1. The normalized spacial score (nSPS) is 15.8. The van der Waals surface area contributed by atoms with Gasteiger partial charge in [0.2, 0.25) is 0 Å². The van der Waals surface area contributed by atoms with E-state index >= 15 is 0 Å². The number of hydrogen-bond acceptors (Lipinski definition) is 5. The van der Waals surface area contributed by atoms with E-state index in [9.17, 15) is 9.59 Å². The summed E-state index contributed by atoms with van der Waals surface area (Å²) in [6, 6.07) is 10.4. The van der Waals surface area contributed by atoms with E-state index in [0.29, 0.717) is 22.0 Å². The Morgan fingerprint density at radius 1 is 1.36 bits per heavy atom. The van der Waals surface area contributed by atoms with Gasteiger partial charge in [-0.2, -0.15) is 5.26 Å². The zero-order valence-corrected chi connectivity index (χ0v) is 14.7. The number of nitriles is 1. The first kappa shape index (κ1) is 17.2.